The molecule has 0 spiro atoms. The minimum atomic E-state index is -0.371. The van der Waals surface area contributed by atoms with Gasteiger partial charge in [-0.05, 0) is 12.5 Å². The van der Waals surface area contributed by atoms with E-state index in [4.69, 9.17) is 4.74 Å². The number of benzene rings is 1. The molecule has 2 amide bonds. The lowest BCUT2D eigenvalue weighted by molar-refractivity contribution is -0.124. The summed E-state index contributed by atoms with van der Waals surface area (Å²) in [7, 11) is 0. The number of rotatable bonds is 4. The second-order valence-electron chi connectivity index (χ2n) is 3.97. The molecule has 0 bridgehead atoms. The Kier molecular flexibility index (Phi) is 3.35. The Balaban J connectivity index is 1.86. The Hall–Kier alpha value is -1.94. The van der Waals surface area contributed by atoms with Crippen molar-refractivity contribution in [3.8, 4) is 0 Å². The van der Waals surface area contributed by atoms with Gasteiger partial charge in [0.2, 0.25) is 0 Å². The molecule has 4 heteroatoms. The lowest BCUT2D eigenvalue weighted by Gasteiger charge is -2.04. The molecule has 0 atom stereocenters. The zero-order valence-electron chi connectivity index (χ0n) is 9.53. The van der Waals surface area contributed by atoms with Crippen molar-refractivity contribution in [1.29, 1.82) is 0 Å². The highest BCUT2D eigenvalue weighted by molar-refractivity contribution is 6.16. The highest BCUT2D eigenvalue weighted by Gasteiger charge is 2.20. The van der Waals surface area contributed by atoms with E-state index >= 15 is 0 Å². The number of ether oxygens (including phenoxy) is 1. The lowest BCUT2D eigenvalue weighted by atomic mass is 10.1. The first-order valence-corrected chi connectivity index (χ1v) is 5.34. The first-order chi connectivity index (χ1) is 8.15. The fraction of sp³-hybridized carbons (Fsp3) is 0.231. The summed E-state index contributed by atoms with van der Waals surface area (Å²) in [6, 6.07) is 7.95. The summed E-state index contributed by atoms with van der Waals surface area (Å²) in [4.78, 5) is 22.1. The van der Waals surface area contributed by atoms with Gasteiger partial charge < -0.3 is 4.74 Å². The fourth-order valence-corrected chi connectivity index (χ4v) is 1.64. The number of carbonyl (C=O) groups is 2. The van der Waals surface area contributed by atoms with E-state index in [1.54, 1.807) is 0 Å². The molecule has 0 saturated heterocycles. The van der Waals surface area contributed by atoms with Crippen LogP contribution < -0.4 is 5.32 Å². The minimum absolute atomic E-state index is 0.158. The van der Waals surface area contributed by atoms with Gasteiger partial charge in [-0.25, -0.2) is 0 Å². The zero-order valence-corrected chi connectivity index (χ0v) is 9.53. The standard InChI is InChI=1S/C13H13NO3/c1-9-3-2-4-10(5-9)7-17-8-11-6-12(15)14-13(11)16/h2-6H,7-8H2,1H3,(H,14,15,16). The van der Waals surface area contributed by atoms with Crippen molar-refractivity contribution in [2.45, 2.75) is 13.5 Å². The summed E-state index contributed by atoms with van der Waals surface area (Å²) in [5, 5.41) is 2.17. The van der Waals surface area contributed by atoms with E-state index in [0.717, 1.165) is 5.56 Å². The van der Waals surface area contributed by atoms with Crippen LogP contribution in [0.25, 0.3) is 0 Å². The van der Waals surface area contributed by atoms with Crippen LogP contribution in [0.5, 0.6) is 0 Å². The fourth-order valence-electron chi connectivity index (χ4n) is 1.64. The molecule has 0 fully saturated rings. The molecular formula is C13H13NO3. The van der Waals surface area contributed by atoms with Crippen LogP contribution in [0.1, 0.15) is 11.1 Å². The Bertz CT molecular complexity index is 491. The summed E-state index contributed by atoms with van der Waals surface area (Å²) in [6.45, 7) is 2.60. The number of aryl methyl sites for hydroxylation is 1. The molecule has 17 heavy (non-hydrogen) atoms. The number of imide groups is 1. The summed E-state index contributed by atoms with van der Waals surface area (Å²) in [6.07, 6.45) is 1.28. The van der Waals surface area contributed by atoms with Gasteiger partial charge in [0, 0.05) is 11.6 Å². The van der Waals surface area contributed by atoms with E-state index in [9.17, 15) is 9.59 Å². The minimum Gasteiger partial charge on any atom is -0.372 e. The van der Waals surface area contributed by atoms with Crippen molar-refractivity contribution in [1.82, 2.24) is 5.32 Å². The second kappa shape index (κ2) is 4.93. The number of hydrogen-bond acceptors (Lipinski definition) is 3. The third-order valence-corrected chi connectivity index (χ3v) is 2.44. The van der Waals surface area contributed by atoms with Crippen LogP contribution in [-0.4, -0.2) is 18.4 Å². The highest BCUT2D eigenvalue weighted by Crippen LogP contribution is 2.08. The smallest absolute Gasteiger partial charge is 0.256 e. The van der Waals surface area contributed by atoms with Crippen molar-refractivity contribution in [3.63, 3.8) is 0 Å². The molecular weight excluding hydrogens is 218 g/mol. The van der Waals surface area contributed by atoms with Crippen LogP contribution >= 0.6 is 0 Å². The molecule has 1 aromatic rings. The van der Waals surface area contributed by atoms with Crippen LogP contribution in [0.15, 0.2) is 35.9 Å². The van der Waals surface area contributed by atoms with Gasteiger partial charge in [0.15, 0.2) is 0 Å². The number of nitrogens with one attached hydrogen (secondary N) is 1. The van der Waals surface area contributed by atoms with Gasteiger partial charge in [-0.1, -0.05) is 29.8 Å². The van der Waals surface area contributed by atoms with Gasteiger partial charge in [0.1, 0.15) is 0 Å². The Morgan fingerprint density at radius 2 is 2.06 bits per heavy atom. The molecule has 1 heterocycles. The van der Waals surface area contributed by atoms with E-state index < -0.39 is 0 Å². The van der Waals surface area contributed by atoms with Crippen molar-refractivity contribution in [2.75, 3.05) is 6.61 Å². The molecule has 0 unspecified atom stereocenters. The maximum absolute atomic E-state index is 11.2. The van der Waals surface area contributed by atoms with Gasteiger partial charge in [-0.2, -0.15) is 0 Å². The number of hydrogen-bond donors (Lipinski definition) is 1. The van der Waals surface area contributed by atoms with E-state index in [0.29, 0.717) is 12.2 Å². The zero-order chi connectivity index (χ0) is 12.3. The van der Waals surface area contributed by atoms with Gasteiger partial charge in [0.05, 0.1) is 13.2 Å². The van der Waals surface area contributed by atoms with E-state index in [1.807, 2.05) is 31.2 Å². The quantitative estimate of drug-likeness (QED) is 0.789. The molecule has 88 valence electrons. The maximum Gasteiger partial charge on any atom is 0.256 e. The predicted molar refractivity (Wildman–Crippen MR) is 62.1 cm³/mol. The molecule has 2 rings (SSSR count). The Morgan fingerprint density at radius 1 is 1.24 bits per heavy atom. The van der Waals surface area contributed by atoms with Crippen LogP contribution in [-0.2, 0) is 20.9 Å². The van der Waals surface area contributed by atoms with E-state index in [-0.39, 0.29) is 18.4 Å². The molecule has 0 aliphatic carbocycles. The van der Waals surface area contributed by atoms with Gasteiger partial charge >= 0.3 is 0 Å². The lowest BCUT2D eigenvalue weighted by Crippen LogP contribution is -2.23. The first-order valence-electron chi connectivity index (χ1n) is 5.34. The largest absolute Gasteiger partial charge is 0.372 e. The number of amides is 2. The van der Waals surface area contributed by atoms with E-state index in [1.165, 1.54) is 11.6 Å². The highest BCUT2D eigenvalue weighted by atomic mass is 16.5. The van der Waals surface area contributed by atoms with Crippen molar-refractivity contribution >= 4 is 11.8 Å². The van der Waals surface area contributed by atoms with Crippen molar-refractivity contribution in [2.24, 2.45) is 0 Å². The molecule has 1 aromatic carbocycles. The first kappa shape index (κ1) is 11.5. The monoisotopic (exact) mass is 231 g/mol. The van der Waals surface area contributed by atoms with Crippen LogP contribution in [0.2, 0.25) is 0 Å². The van der Waals surface area contributed by atoms with Gasteiger partial charge in [-0.3, -0.25) is 14.9 Å². The summed E-state index contributed by atoms with van der Waals surface area (Å²) in [5.74, 6) is -0.733. The normalized spacial score (nSPS) is 14.8. The molecule has 1 N–H and O–H groups in total. The topological polar surface area (TPSA) is 55.4 Å². The SMILES string of the molecule is Cc1cccc(COCC2=CC(=O)NC2=O)c1. The summed E-state index contributed by atoms with van der Waals surface area (Å²) < 4.78 is 5.40. The molecule has 1 aliphatic heterocycles. The third kappa shape index (κ3) is 3.01. The molecule has 0 radical (unpaired) electrons. The second-order valence-corrected chi connectivity index (χ2v) is 3.97. The molecule has 0 saturated carbocycles. The average Bonchev–Trinajstić information content (AvgIpc) is 2.58. The van der Waals surface area contributed by atoms with Gasteiger partial charge in [0.25, 0.3) is 11.8 Å². The third-order valence-electron chi connectivity index (χ3n) is 2.44. The molecule has 1 aliphatic rings. The summed E-state index contributed by atoms with van der Waals surface area (Å²) >= 11 is 0. The average molecular weight is 231 g/mol. The summed E-state index contributed by atoms with van der Waals surface area (Å²) in [5.41, 5.74) is 2.59. The Labute approximate surface area is 99.3 Å². The predicted octanol–water partition coefficient (Wildman–Crippen LogP) is 1.09. The van der Waals surface area contributed by atoms with Crippen molar-refractivity contribution in [3.05, 3.63) is 47.0 Å². The van der Waals surface area contributed by atoms with Crippen LogP contribution in [0, 0.1) is 6.92 Å². The van der Waals surface area contributed by atoms with Crippen LogP contribution in [0.3, 0.4) is 0 Å². The van der Waals surface area contributed by atoms with Crippen LogP contribution in [0.4, 0.5) is 0 Å². The van der Waals surface area contributed by atoms with Crippen molar-refractivity contribution < 1.29 is 14.3 Å². The molecule has 4 nitrogen and oxygen atoms in total. The Morgan fingerprint density at radius 3 is 2.71 bits per heavy atom. The maximum atomic E-state index is 11.2. The van der Waals surface area contributed by atoms with Gasteiger partial charge in [-0.15, -0.1) is 0 Å². The number of carbonyl (C=O) groups excluding carboxylic acids is 2. The van der Waals surface area contributed by atoms with E-state index in [2.05, 4.69) is 5.32 Å². The molecule has 0 aromatic heterocycles.